The van der Waals surface area contributed by atoms with E-state index in [2.05, 4.69) is 25.2 Å². The summed E-state index contributed by atoms with van der Waals surface area (Å²) in [5.74, 6) is 1.44. The van der Waals surface area contributed by atoms with Crippen LogP contribution in [0.15, 0.2) is 53.0 Å². The Bertz CT molecular complexity index is 1110. The van der Waals surface area contributed by atoms with Gasteiger partial charge in [-0.15, -0.1) is 16.4 Å². The molecule has 3 heterocycles. The molecule has 1 aromatic carbocycles. The van der Waals surface area contributed by atoms with E-state index in [-0.39, 0.29) is 17.2 Å². The van der Waals surface area contributed by atoms with E-state index in [4.69, 9.17) is 21.7 Å². The minimum absolute atomic E-state index is 0.0686. The second-order valence-corrected chi connectivity index (χ2v) is 9.51. The largest absolute Gasteiger partial charge is 0.328 e. The standard InChI is InChI=1S/C21H19ClN4OS/c1-21(2)10-14-17(15(27)11-21)18(16-7-4-8-28-16)26-20(23-14)24-19(25-26)12-5-3-6-13(22)9-12/h3-9,18H,10-11H2,1-2H3,(H,23,24,25). The van der Waals surface area contributed by atoms with Crippen molar-refractivity contribution in [2.45, 2.75) is 32.7 Å². The highest BCUT2D eigenvalue weighted by atomic mass is 35.5. The fourth-order valence-corrected chi connectivity index (χ4v) is 5.08. The van der Waals surface area contributed by atoms with E-state index in [0.717, 1.165) is 28.1 Å². The molecule has 0 radical (unpaired) electrons. The molecule has 28 heavy (non-hydrogen) atoms. The van der Waals surface area contributed by atoms with Crippen molar-refractivity contribution < 1.29 is 4.79 Å². The van der Waals surface area contributed by atoms with Gasteiger partial charge in [-0.25, -0.2) is 4.68 Å². The quantitative estimate of drug-likeness (QED) is 0.621. The lowest BCUT2D eigenvalue weighted by molar-refractivity contribution is -0.118. The molecule has 1 unspecified atom stereocenters. The van der Waals surface area contributed by atoms with Gasteiger partial charge in [0.25, 0.3) is 0 Å². The SMILES string of the molecule is CC1(C)CC(=O)C2=C(C1)Nc1nc(-c3cccc(Cl)c3)nn1C2c1cccs1. The van der Waals surface area contributed by atoms with Gasteiger partial charge in [0.05, 0.1) is 0 Å². The van der Waals surface area contributed by atoms with Crippen LogP contribution in [0.1, 0.15) is 37.6 Å². The van der Waals surface area contributed by atoms with Crippen LogP contribution in [0.25, 0.3) is 11.4 Å². The lowest BCUT2D eigenvalue weighted by Crippen LogP contribution is -2.36. The molecule has 1 atom stereocenters. The summed E-state index contributed by atoms with van der Waals surface area (Å²) in [6, 6.07) is 11.3. The molecule has 2 aromatic heterocycles. The number of halogens is 1. The number of hydrogen-bond donors (Lipinski definition) is 1. The topological polar surface area (TPSA) is 59.8 Å². The fraction of sp³-hybridized carbons (Fsp3) is 0.286. The maximum Gasteiger partial charge on any atom is 0.226 e. The fourth-order valence-electron chi connectivity index (χ4n) is 4.07. The number of nitrogens with zero attached hydrogens (tertiary/aromatic N) is 3. The van der Waals surface area contributed by atoms with Gasteiger partial charge < -0.3 is 5.32 Å². The molecule has 5 rings (SSSR count). The predicted molar refractivity (Wildman–Crippen MR) is 112 cm³/mol. The van der Waals surface area contributed by atoms with Gasteiger partial charge in [-0.2, -0.15) is 4.98 Å². The van der Waals surface area contributed by atoms with Crippen LogP contribution in [-0.2, 0) is 4.79 Å². The molecule has 0 spiro atoms. The van der Waals surface area contributed by atoms with Gasteiger partial charge in [0.1, 0.15) is 6.04 Å². The number of allylic oxidation sites excluding steroid dienone is 2. The zero-order chi connectivity index (χ0) is 19.5. The summed E-state index contributed by atoms with van der Waals surface area (Å²) in [5.41, 5.74) is 2.57. The zero-order valence-electron chi connectivity index (χ0n) is 15.6. The van der Waals surface area contributed by atoms with Crippen LogP contribution in [0, 0.1) is 5.41 Å². The van der Waals surface area contributed by atoms with Crippen molar-refractivity contribution in [2.24, 2.45) is 5.41 Å². The number of Topliss-reactive ketones (excluding diaryl/α,β-unsaturated/α-hetero) is 1. The Kier molecular flexibility index (Phi) is 3.96. The first-order valence-corrected chi connectivity index (χ1v) is 10.5. The van der Waals surface area contributed by atoms with Gasteiger partial charge in [0, 0.05) is 33.2 Å². The Morgan fingerprint density at radius 3 is 2.86 bits per heavy atom. The molecule has 2 aliphatic rings. The third kappa shape index (κ3) is 2.88. The first-order chi connectivity index (χ1) is 13.4. The first kappa shape index (κ1) is 17.6. The monoisotopic (exact) mass is 410 g/mol. The highest BCUT2D eigenvalue weighted by Gasteiger charge is 2.42. The Morgan fingerprint density at radius 1 is 1.25 bits per heavy atom. The maximum absolute atomic E-state index is 13.1. The number of carbonyl (C=O) groups excluding carboxylic acids is 1. The molecule has 5 nitrogen and oxygen atoms in total. The van der Waals surface area contributed by atoms with Crippen LogP contribution in [-0.4, -0.2) is 20.5 Å². The van der Waals surface area contributed by atoms with Crippen molar-refractivity contribution >= 4 is 34.7 Å². The number of aromatic nitrogens is 3. The lowest BCUT2D eigenvalue weighted by Gasteiger charge is -2.37. The number of hydrogen-bond acceptors (Lipinski definition) is 5. The molecule has 142 valence electrons. The summed E-state index contributed by atoms with van der Waals surface area (Å²) in [4.78, 5) is 18.9. The second-order valence-electron chi connectivity index (χ2n) is 8.09. The number of fused-ring (bicyclic) bond motifs is 1. The average molecular weight is 411 g/mol. The molecule has 0 bridgehead atoms. The molecule has 0 amide bonds. The van der Waals surface area contributed by atoms with Gasteiger partial charge in [-0.1, -0.05) is 43.6 Å². The molecular formula is C21H19ClN4OS. The van der Waals surface area contributed by atoms with Crippen LogP contribution in [0.4, 0.5) is 5.95 Å². The Hall–Kier alpha value is -2.44. The van der Waals surface area contributed by atoms with Crippen LogP contribution >= 0.6 is 22.9 Å². The van der Waals surface area contributed by atoms with Crippen molar-refractivity contribution in [3.05, 3.63) is 62.9 Å². The van der Waals surface area contributed by atoms with Crippen molar-refractivity contribution in [3.63, 3.8) is 0 Å². The Morgan fingerprint density at radius 2 is 2.11 bits per heavy atom. The number of rotatable bonds is 2. The van der Waals surface area contributed by atoms with Crippen LogP contribution in [0.2, 0.25) is 5.02 Å². The van der Waals surface area contributed by atoms with Gasteiger partial charge in [-0.3, -0.25) is 4.79 Å². The predicted octanol–water partition coefficient (Wildman–Crippen LogP) is 5.32. The Balaban J connectivity index is 1.67. The van der Waals surface area contributed by atoms with E-state index >= 15 is 0 Å². The summed E-state index contributed by atoms with van der Waals surface area (Å²) in [6.07, 6.45) is 1.36. The van der Waals surface area contributed by atoms with Crippen LogP contribution in [0.5, 0.6) is 0 Å². The minimum atomic E-state index is -0.240. The summed E-state index contributed by atoms with van der Waals surface area (Å²) in [7, 11) is 0. The second kappa shape index (κ2) is 6.29. The minimum Gasteiger partial charge on any atom is -0.328 e. The first-order valence-electron chi connectivity index (χ1n) is 9.20. The van der Waals surface area contributed by atoms with Crippen LogP contribution < -0.4 is 5.32 Å². The summed E-state index contributed by atoms with van der Waals surface area (Å²) < 4.78 is 1.84. The van der Waals surface area contributed by atoms with E-state index in [1.165, 1.54) is 0 Å². The van der Waals surface area contributed by atoms with Crippen molar-refractivity contribution in [2.75, 3.05) is 5.32 Å². The van der Waals surface area contributed by atoms with E-state index in [1.807, 2.05) is 40.4 Å². The van der Waals surface area contributed by atoms with E-state index < -0.39 is 0 Å². The highest BCUT2D eigenvalue weighted by Crippen LogP contribution is 2.46. The smallest absolute Gasteiger partial charge is 0.226 e. The van der Waals surface area contributed by atoms with E-state index in [0.29, 0.717) is 23.2 Å². The van der Waals surface area contributed by atoms with Gasteiger partial charge >= 0.3 is 0 Å². The number of carbonyl (C=O) groups is 1. The summed E-state index contributed by atoms with van der Waals surface area (Å²) >= 11 is 7.79. The molecule has 7 heteroatoms. The normalized spacial score (nSPS) is 20.5. The molecule has 3 aromatic rings. The molecule has 1 N–H and O–H groups in total. The zero-order valence-corrected chi connectivity index (χ0v) is 17.1. The van der Waals surface area contributed by atoms with Gasteiger partial charge in [-0.05, 0) is 35.4 Å². The number of anilines is 1. The highest BCUT2D eigenvalue weighted by molar-refractivity contribution is 7.10. The van der Waals surface area contributed by atoms with Crippen molar-refractivity contribution in [3.8, 4) is 11.4 Å². The molecule has 1 aliphatic heterocycles. The van der Waals surface area contributed by atoms with Crippen LogP contribution in [0.3, 0.4) is 0 Å². The number of ketones is 1. The van der Waals surface area contributed by atoms with Gasteiger partial charge in [0.15, 0.2) is 11.6 Å². The third-order valence-corrected chi connectivity index (χ3v) is 6.39. The molecule has 1 aliphatic carbocycles. The molecule has 0 saturated heterocycles. The summed E-state index contributed by atoms with van der Waals surface area (Å²) in [6.45, 7) is 4.26. The maximum atomic E-state index is 13.1. The average Bonchev–Trinajstić information content (AvgIpc) is 3.28. The molecule has 0 saturated carbocycles. The number of thiophene rings is 1. The summed E-state index contributed by atoms with van der Waals surface area (Å²) in [5, 5.41) is 10.8. The van der Waals surface area contributed by atoms with Crippen molar-refractivity contribution in [1.82, 2.24) is 14.8 Å². The lowest BCUT2D eigenvalue weighted by atomic mass is 9.73. The van der Waals surface area contributed by atoms with E-state index in [9.17, 15) is 4.79 Å². The molecule has 0 fully saturated rings. The third-order valence-electron chi connectivity index (χ3n) is 5.23. The number of benzene rings is 1. The Labute approximate surface area is 172 Å². The van der Waals surface area contributed by atoms with Crippen molar-refractivity contribution in [1.29, 1.82) is 0 Å². The van der Waals surface area contributed by atoms with Gasteiger partial charge in [0.2, 0.25) is 5.95 Å². The molecular weight excluding hydrogens is 392 g/mol. The van der Waals surface area contributed by atoms with E-state index in [1.54, 1.807) is 11.3 Å². The number of nitrogens with one attached hydrogen (secondary N) is 1.